The Kier molecular flexibility index (Phi) is 5.98. The molecule has 36 heavy (non-hydrogen) atoms. The Morgan fingerprint density at radius 1 is 1.00 bits per heavy atom. The average Bonchev–Trinajstić information content (AvgIpc) is 3.44. The molecule has 3 aromatic heterocycles. The zero-order valence-corrected chi connectivity index (χ0v) is 19.7. The molecule has 0 saturated carbocycles. The number of hydrogen-bond donors (Lipinski definition) is 2. The van der Waals surface area contributed by atoms with E-state index in [0.29, 0.717) is 40.1 Å². The molecule has 0 atom stereocenters. The van der Waals surface area contributed by atoms with E-state index in [9.17, 15) is 17.2 Å². The standard InChI is InChI=1S/C24H20F2N6O3S/c1-36(34,35)30-19-9-16(20-4-3-18(25)11-22(20)26)8-17(10-19)21-12-28-32-13-15(2-5-23(21)32)24-27-14-31(29-24)6-7-33/h2-5,8-14,30,33H,6-7H2,1H3. The lowest BCUT2D eigenvalue weighted by molar-refractivity contribution is 0.269. The number of sulfonamides is 1. The molecule has 0 radical (unpaired) electrons. The van der Waals surface area contributed by atoms with Crippen molar-refractivity contribution in [3.05, 3.63) is 78.9 Å². The molecule has 5 aromatic rings. The number of aliphatic hydroxyl groups excluding tert-OH is 1. The number of hydrogen-bond acceptors (Lipinski definition) is 6. The van der Waals surface area contributed by atoms with E-state index in [0.717, 1.165) is 18.4 Å². The van der Waals surface area contributed by atoms with Gasteiger partial charge >= 0.3 is 0 Å². The highest BCUT2D eigenvalue weighted by Crippen LogP contribution is 2.34. The van der Waals surface area contributed by atoms with Crippen molar-refractivity contribution in [3.8, 4) is 33.6 Å². The lowest BCUT2D eigenvalue weighted by Gasteiger charge is -2.12. The first-order chi connectivity index (χ1) is 17.2. The minimum absolute atomic E-state index is 0.0542. The number of aromatic nitrogens is 5. The highest BCUT2D eigenvalue weighted by molar-refractivity contribution is 7.92. The van der Waals surface area contributed by atoms with Crippen LogP contribution >= 0.6 is 0 Å². The number of aliphatic hydroxyl groups is 1. The van der Waals surface area contributed by atoms with Gasteiger partial charge in [-0.3, -0.25) is 9.40 Å². The van der Waals surface area contributed by atoms with Crippen molar-refractivity contribution >= 4 is 21.2 Å². The first-order valence-electron chi connectivity index (χ1n) is 10.8. The van der Waals surface area contributed by atoms with Crippen LogP contribution < -0.4 is 4.72 Å². The van der Waals surface area contributed by atoms with Gasteiger partial charge in [0.1, 0.15) is 18.0 Å². The molecule has 0 saturated heterocycles. The Labute approximate surface area is 204 Å². The summed E-state index contributed by atoms with van der Waals surface area (Å²) in [5.41, 5.74) is 3.37. The molecule has 0 spiro atoms. The van der Waals surface area contributed by atoms with Crippen LogP contribution in [0.5, 0.6) is 0 Å². The molecule has 0 fully saturated rings. The first-order valence-corrected chi connectivity index (χ1v) is 12.7. The molecule has 0 aliphatic rings. The Morgan fingerprint density at radius 3 is 2.50 bits per heavy atom. The third-order valence-corrected chi connectivity index (χ3v) is 6.04. The minimum atomic E-state index is -3.62. The molecule has 5 rings (SSSR count). The zero-order chi connectivity index (χ0) is 25.4. The van der Waals surface area contributed by atoms with Crippen LogP contribution in [0.1, 0.15) is 0 Å². The summed E-state index contributed by atoms with van der Waals surface area (Å²) in [6.45, 7) is 0.275. The van der Waals surface area contributed by atoms with Crippen LogP contribution in [0.25, 0.3) is 39.2 Å². The normalized spacial score (nSPS) is 11.8. The van der Waals surface area contributed by atoms with Gasteiger partial charge < -0.3 is 5.11 Å². The molecule has 2 aromatic carbocycles. The molecule has 184 valence electrons. The lowest BCUT2D eigenvalue weighted by Crippen LogP contribution is -2.09. The number of halogens is 2. The number of nitrogens with zero attached hydrogens (tertiary/aromatic N) is 5. The third-order valence-electron chi connectivity index (χ3n) is 5.43. The van der Waals surface area contributed by atoms with E-state index in [-0.39, 0.29) is 17.9 Å². The molecule has 0 aliphatic carbocycles. The fourth-order valence-corrected chi connectivity index (χ4v) is 4.46. The SMILES string of the molecule is CS(=O)(=O)Nc1cc(-c2ccc(F)cc2F)cc(-c2cnn3cc(-c4ncn(CCO)n4)ccc23)c1. The van der Waals surface area contributed by atoms with E-state index in [1.165, 1.54) is 23.1 Å². The van der Waals surface area contributed by atoms with Gasteiger partial charge in [0.05, 0.1) is 31.1 Å². The first kappa shape index (κ1) is 23.6. The maximum absolute atomic E-state index is 14.6. The largest absolute Gasteiger partial charge is 0.394 e. The van der Waals surface area contributed by atoms with Gasteiger partial charge in [0.15, 0.2) is 5.82 Å². The van der Waals surface area contributed by atoms with Crippen molar-refractivity contribution < 1.29 is 22.3 Å². The number of anilines is 1. The van der Waals surface area contributed by atoms with E-state index < -0.39 is 21.7 Å². The van der Waals surface area contributed by atoms with Crippen molar-refractivity contribution in [1.29, 1.82) is 0 Å². The second kappa shape index (κ2) is 9.13. The van der Waals surface area contributed by atoms with Crippen LogP contribution in [0.4, 0.5) is 14.5 Å². The Bertz CT molecular complexity index is 1700. The summed E-state index contributed by atoms with van der Waals surface area (Å²) in [7, 11) is -3.62. The summed E-state index contributed by atoms with van der Waals surface area (Å²) in [6.07, 6.45) is 5.91. The van der Waals surface area contributed by atoms with Gasteiger partial charge in [0.25, 0.3) is 0 Å². The Morgan fingerprint density at radius 2 is 1.78 bits per heavy atom. The third kappa shape index (κ3) is 4.81. The van der Waals surface area contributed by atoms with Crippen LogP contribution in [-0.2, 0) is 16.6 Å². The molecular formula is C24H20F2N6O3S. The number of nitrogens with one attached hydrogen (secondary N) is 1. The fraction of sp³-hybridized carbons (Fsp3) is 0.125. The van der Waals surface area contributed by atoms with Gasteiger partial charge in [0, 0.05) is 34.6 Å². The zero-order valence-electron chi connectivity index (χ0n) is 18.9. The smallest absolute Gasteiger partial charge is 0.229 e. The molecular weight excluding hydrogens is 490 g/mol. The fourth-order valence-electron chi connectivity index (χ4n) is 3.91. The van der Waals surface area contributed by atoms with Crippen LogP contribution in [0.3, 0.4) is 0 Å². The van der Waals surface area contributed by atoms with Crippen LogP contribution in [0.2, 0.25) is 0 Å². The average molecular weight is 511 g/mol. The van der Waals surface area contributed by atoms with E-state index >= 15 is 0 Å². The number of benzene rings is 2. The maximum Gasteiger partial charge on any atom is 0.229 e. The van der Waals surface area contributed by atoms with Crippen molar-refractivity contribution in [2.45, 2.75) is 6.54 Å². The van der Waals surface area contributed by atoms with Gasteiger partial charge in [-0.05, 0) is 53.6 Å². The molecule has 2 N–H and O–H groups in total. The quantitative estimate of drug-likeness (QED) is 0.346. The predicted octanol–water partition coefficient (Wildman–Crippen LogP) is 3.57. The molecule has 12 heteroatoms. The van der Waals surface area contributed by atoms with Gasteiger partial charge in [-0.1, -0.05) is 0 Å². The van der Waals surface area contributed by atoms with Gasteiger partial charge in [-0.25, -0.2) is 26.7 Å². The molecule has 0 amide bonds. The number of fused-ring (bicyclic) bond motifs is 1. The monoisotopic (exact) mass is 510 g/mol. The Hall–Kier alpha value is -4.16. The molecule has 9 nitrogen and oxygen atoms in total. The lowest BCUT2D eigenvalue weighted by atomic mass is 9.98. The number of rotatable bonds is 7. The maximum atomic E-state index is 14.6. The van der Waals surface area contributed by atoms with E-state index in [2.05, 4.69) is 19.9 Å². The van der Waals surface area contributed by atoms with Crippen LogP contribution in [0, 0.1) is 11.6 Å². The Balaban J connectivity index is 1.61. The number of pyridine rings is 1. The summed E-state index contributed by atoms with van der Waals surface area (Å²) < 4.78 is 57.4. The minimum Gasteiger partial charge on any atom is -0.394 e. The van der Waals surface area contributed by atoms with E-state index in [1.54, 1.807) is 29.0 Å². The molecule has 0 aliphatic heterocycles. The van der Waals surface area contributed by atoms with E-state index in [1.807, 2.05) is 12.1 Å². The molecule has 3 heterocycles. The summed E-state index contributed by atoms with van der Waals surface area (Å²) in [5, 5.41) is 17.8. The highest BCUT2D eigenvalue weighted by Gasteiger charge is 2.15. The van der Waals surface area contributed by atoms with Crippen molar-refractivity contribution in [3.63, 3.8) is 0 Å². The van der Waals surface area contributed by atoms with E-state index in [4.69, 9.17) is 5.11 Å². The molecule has 0 unspecified atom stereocenters. The van der Waals surface area contributed by atoms with Crippen molar-refractivity contribution in [2.75, 3.05) is 17.6 Å². The van der Waals surface area contributed by atoms with Gasteiger partial charge in [0.2, 0.25) is 10.0 Å². The van der Waals surface area contributed by atoms with Crippen LogP contribution in [-0.4, -0.2) is 50.8 Å². The van der Waals surface area contributed by atoms with Gasteiger partial charge in [-0.15, -0.1) is 0 Å². The van der Waals surface area contributed by atoms with Crippen LogP contribution in [0.15, 0.2) is 67.3 Å². The predicted molar refractivity (Wildman–Crippen MR) is 131 cm³/mol. The van der Waals surface area contributed by atoms with Gasteiger partial charge in [-0.2, -0.15) is 10.2 Å². The second-order valence-corrected chi connectivity index (χ2v) is 9.91. The molecule has 0 bridgehead atoms. The van der Waals surface area contributed by atoms with Crippen molar-refractivity contribution in [1.82, 2.24) is 24.4 Å². The highest BCUT2D eigenvalue weighted by atomic mass is 32.2. The summed E-state index contributed by atoms with van der Waals surface area (Å²) >= 11 is 0. The summed E-state index contributed by atoms with van der Waals surface area (Å²) in [6, 6.07) is 11.7. The summed E-state index contributed by atoms with van der Waals surface area (Å²) in [5.74, 6) is -1.01. The second-order valence-electron chi connectivity index (χ2n) is 8.16. The van der Waals surface area contributed by atoms with Crippen molar-refractivity contribution in [2.24, 2.45) is 0 Å². The summed E-state index contributed by atoms with van der Waals surface area (Å²) in [4.78, 5) is 4.25. The topological polar surface area (TPSA) is 114 Å².